The highest BCUT2D eigenvalue weighted by atomic mass is 16.5. The molecule has 4 rings (SSSR count). The molecule has 1 aliphatic heterocycles. The summed E-state index contributed by atoms with van der Waals surface area (Å²) in [7, 11) is 0. The number of hydrogen-bond donors (Lipinski definition) is 3. The molecule has 3 aromatic heterocycles. The number of anilines is 1. The molecule has 0 unspecified atom stereocenters. The zero-order chi connectivity index (χ0) is 14.2. The number of nitrogen functional groups attached to an aromatic ring is 1. The molecular formula is C15H17N5O. The number of rotatable bonds is 2. The highest BCUT2D eigenvalue weighted by molar-refractivity contribution is 6.10. The quantitative estimate of drug-likeness (QED) is 0.667. The molecule has 0 spiro atoms. The normalized spacial score (nSPS) is 19.1. The minimum Gasteiger partial charge on any atom is -0.484 e. The molecule has 3 aromatic rings. The molecule has 0 aliphatic carbocycles. The van der Waals surface area contributed by atoms with Crippen molar-refractivity contribution in [3.05, 3.63) is 24.5 Å². The fourth-order valence-electron chi connectivity index (χ4n) is 2.91. The van der Waals surface area contributed by atoms with Crippen molar-refractivity contribution < 1.29 is 4.74 Å². The maximum atomic E-state index is 6.17. The topological polar surface area (TPSA) is 88.9 Å². The number of aromatic nitrogens is 3. The van der Waals surface area contributed by atoms with Gasteiger partial charge in [-0.1, -0.05) is 0 Å². The molecule has 4 N–H and O–H groups in total. The molecule has 0 amide bonds. The maximum Gasteiger partial charge on any atom is 0.171 e. The van der Waals surface area contributed by atoms with Gasteiger partial charge in [-0.2, -0.15) is 0 Å². The third-order valence-corrected chi connectivity index (χ3v) is 3.93. The molecule has 1 aliphatic rings. The minimum absolute atomic E-state index is 0.134. The van der Waals surface area contributed by atoms with Crippen molar-refractivity contribution in [3.8, 4) is 5.75 Å². The third kappa shape index (κ3) is 2.08. The molecular weight excluding hydrogens is 266 g/mol. The molecule has 6 heteroatoms. The Morgan fingerprint density at radius 1 is 1.33 bits per heavy atom. The van der Waals surface area contributed by atoms with Crippen molar-refractivity contribution in [2.45, 2.75) is 18.9 Å². The molecule has 21 heavy (non-hydrogen) atoms. The first-order chi connectivity index (χ1) is 10.3. The van der Waals surface area contributed by atoms with Gasteiger partial charge in [-0.3, -0.25) is 0 Å². The smallest absolute Gasteiger partial charge is 0.171 e. The number of nitrogens with one attached hydrogen (secondary N) is 2. The number of nitrogens with two attached hydrogens (primary N) is 1. The van der Waals surface area contributed by atoms with Gasteiger partial charge in [-0.05, 0) is 31.5 Å². The van der Waals surface area contributed by atoms with Crippen LogP contribution < -0.4 is 15.8 Å². The molecule has 0 saturated carbocycles. The largest absolute Gasteiger partial charge is 0.484 e. The summed E-state index contributed by atoms with van der Waals surface area (Å²) in [4.78, 5) is 11.8. The van der Waals surface area contributed by atoms with Crippen molar-refractivity contribution in [2.75, 3.05) is 18.8 Å². The van der Waals surface area contributed by atoms with Crippen LogP contribution >= 0.6 is 0 Å². The second-order valence-corrected chi connectivity index (χ2v) is 5.37. The molecule has 1 atom stereocenters. The van der Waals surface area contributed by atoms with Gasteiger partial charge in [-0.25, -0.2) is 9.97 Å². The average molecular weight is 283 g/mol. The second kappa shape index (κ2) is 4.89. The SMILES string of the molecule is Nc1ncc2[nH]c3ncccc3c2c1O[C@H]1CCCNC1. The van der Waals surface area contributed by atoms with Crippen molar-refractivity contribution in [2.24, 2.45) is 0 Å². The van der Waals surface area contributed by atoms with Gasteiger partial charge in [0.1, 0.15) is 11.8 Å². The van der Waals surface area contributed by atoms with Gasteiger partial charge in [0, 0.05) is 18.1 Å². The van der Waals surface area contributed by atoms with Crippen LogP contribution in [0.15, 0.2) is 24.5 Å². The third-order valence-electron chi connectivity index (χ3n) is 3.93. The van der Waals surface area contributed by atoms with Crippen LogP contribution in [-0.2, 0) is 0 Å². The van der Waals surface area contributed by atoms with Gasteiger partial charge >= 0.3 is 0 Å². The Kier molecular flexibility index (Phi) is 2.89. The van der Waals surface area contributed by atoms with E-state index in [2.05, 4.69) is 20.3 Å². The highest BCUT2D eigenvalue weighted by Gasteiger charge is 2.20. The lowest BCUT2D eigenvalue weighted by Gasteiger charge is -2.24. The fraction of sp³-hybridized carbons (Fsp3) is 0.333. The number of hydrogen-bond acceptors (Lipinski definition) is 5. The lowest BCUT2D eigenvalue weighted by atomic mass is 10.1. The van der Waals surface area contributed by atoms with E-state index in [0.29, 0.717) is 11.6 Å². The predicted octanol–water partition coefficient (Wildman–Crippen LogP) is 1.82. The van der Waals surface area contributed by atoms with Crippen LogP contribution in [0.4, 0.5) is 5.82 Å². The van der Waals surface area contributed by atoms with Crippen LogP contribution in [0.1, 0.15) is 12.8 Å². The summed E-state index contributed by atoms with van der Waals surface area (Å²) in [5.41, 5.74) is 7.79. The van der Waals surface area contributed by atoms with E-state index >= 15 is 0 Å². The van der Waals surface area contributed by atoms with E-state index in [1.54, 1.807) is 12.4 Å². The number of nitrogens with zero attached hydrogens (tertiary/aromatic N) is 2. The number of H-pyrrole nitrogens is 1. The standard InChI is InChI=1S/C15H17N5O/c16-14-13(21-9-3-1-5-17-7-9)12-10-4-2-6-18-15(10)20-11(12)8-19-14/h2,4,6,8-9,17H,1,3,5,7H2,(H2,16,19)(H,18,20)/t9-/m0/s1. The van der Waals surface area contributed by atoms with Crippen molar-refractivity contribution in [1.29, 1.82) is 0 Å². The van der Waals surface area contributed by atoms with Crippen molar-refractivity contribution in [3.63, 3.8) is 0 Å². The van der Waals surface area contributed by atoms with Crippen molar-refractivity contribution >= 4 is 27.8 Å². The first-order valence-corrected chi connectivity index (χ1v) is 7.21. The summed E-state index contributed by atoms with van der Waals surface area (Å²) in [5, 5.41) is 5.33. The fourth-order valence-corrected chi connectivity index (χ4v) is 2.91. The lowest BCUT2D eigenvalue weighted by Crippen LogP contribution is -2.37. The molecule has 108 valence electrons. The van der Waals surface area contributed by atoms with Crippen LogP contribution in [0, 0.1) is 0 Å². The Morgan fingerprint density at radius 2 is 2.29 bits per heavy atom. The van der Waals surface area contributed by atoms with Crippen LogP contribution in [0.3, 0.4) is 0 Å². The molecule has 1 saturated heterocycles. The number of piperidine rings is 1. The summed E-state index contributed by atoms with van der Waals surface area (Å²) in [5.74, 6) is 1.10. The van der Waals surface area contributed by atoms with Crippen LogP contribution in [0.25, 0.3) is 21.9 Å². The van der Waals surface area contributed by atoms with Gasteiger partial charge in [0.25, 0.3) is 0 Å². The number of aromatic amines is 1. The highest BCUT2D eigenvalue weighted by Crippen LogP contribution is 2.36. The predicted molar refractivity (Wildman–Crippen MR) is 82.3 cm³/mol. The molecule has 0 aromatic carbocycles. The van der Waals surface area contributed by atoms with Crippen molar-refractivity contribution in [1.82, 2.24) is 20.3 Å². The zero-order valence-electron chi connectivity index (χ0n) is 11.6. The van der Waals surface area contributed by atoms with E-state index in [9.17, 15) is 0 Å². The zero-order valence-corrected chi connectivity index (χ0v) is 11.6. The molecule has 0 radical (unpaired) electrons. The Hall–Kier alpha value is -2.34. The van der Waals surface area contributed by atoms with Crippen LogP contribution in [0.2, 0.25) is 0 Å². The number of fused-ring (bicyclic) bond motifs is 3. The Balaban J connectivity index is 1.87. The average Bonchev–Trinajstić information content (AvgIpc) is 2.90. The second-order valence-electron chi connectivity index (χ2n) is 5.37. The molecule has 0 bridgehead atoms. The summed E-state index contributed by atoms with van der Waals surface area (Å²) >= 11 is 0. The van der Waals surface area contributed by atoms with E-state index in [1.807, 2.05) is 12.1 Å². The van der Waals surface area contributed by atoms with Gasteiger partial charge in [0.2, 0.25) is 0 Å². The van der Waals surface area contributed by atoms with Gasteiger partial charge in [-0.15, -0.1) is 0 Å². The van der Waals surface area contributed by atoms with E-state index in [4.69, 9.17) is 10.5 Å². The summed E-state index contributed by atoms with van der Waals surface area (Å²) in [6.45, 7) is 1.89. The monoisotopic (exact) mass is 283 g/mol. The van der Waals surface area contributed by atoms with Gasteiger partial charge in [0.05, 0.1) is 17.1 Å². The number of ether oxygens (including phenoxy) is 1. The van der Waals surface area contributed by atoms with Gasteiger partial charge < -0.3 is 20.8 Å². The molecule has 6 nitrogen and oxygen atoms in total. The molecule has 1 fully saturated rings. The van der Waals surface area contributed by atoms with E-state index in [0.717, 1.165) is 47.9 Å². The maximum absolute atomic E-state index is 6.17. The summed E-state index contributed by atoms with van der Waals surface area (Å²) in [6, 6.07) is 3.94. The first kappa shape index (κ1) is 12.4. The van der Waals surface area contributed by atoms with E-state index in [-0.39, 0.29) is 6.10 Å². The Labute approximate surface area is 121 Å². The minimum atomic E-state index is 0.134. The van der Waals surface area contributed by atoms with Crippen LogP contribution in [0.5, 0.6) is 5.75 Å². The van der Waals surface area contributed by atoms with E-state index < -0.39 is 0 Å². The lowest BCUT2D eigenvalue weighted by molar-refractivity contribution is 0.170. The van der Waals surface area contributed by atoms with Crippen LogP contribution in [-0.4, -0.2) is 34.1 Å². The summed E-state index contributed by atoms with van der Waals surface area (Å²) < 4.78 is 6.17. The first-order valence-electron chi connectivity index (χ1n) is 7.21. The van der Waals surface area contributed by atoms with E-state index in [1.165, 1.54) is 0 Å². The number of pyridine rings is 2. The van der Waals surface area contributed by atoms with Gasteiger partial charge in [0.15, 0.2) is 11.6 Å². The Bertz CT molecular complexity index is 791. The Morgan fingerprint density at radius 3 is 3.14 bits per heavy atom. The summed E-state index contributed by atoms with van der Waals surface area (Å²) in [6.07, 6.45) is 5.78. The molecule has 4 heterocycles.